The average Bonchev–Trinajstić information content (AvgIpc) is 3.14. The summed E-state index contributed by atoms with van der Waals surface area (Å²) in [7, 11) is 1.54. The summed E-state index contributed by atoms with van der Waals surface area (Å²) in [6.45, 7) is 4.40. The van der Waals surface area contributed by atoms with Gasteiger partial charge < -0.3 is 14.5 Å². The van der Waals surface area contributed by atoms with Crippen LogP contribution in [0.5, 0.6) is 11.5 Å². The van der Waals surface area contributed by atoms with Crippen molar-refractivity contribution < 1.29 is 14.3 Å². The number of methoxy groups -OCH3 is 1. The third-order valence-corrected chi connectivity index (χ3v) is 5.03. The van der Waals surface area contributed by atoms with Gasteiger partial charge in [0.2, 0.25) is 0 Å². The molecule has 2 aromatic carbocycles. The zero-order chi connectivity index (χ0) is 22.7. The summed E-state index contributed by atoms with van der Waals surface area (Å²) in [5.74, 6) is 1.44. The standard InChI is InChI=1S/C24H24N4O4/c1-4-8-18(29)20-21-23(27-22(25-20)15-11-13-16(14-12-15)32-5-2)28(24(30)26-21)17-9-6-7-10-19(17)31-3/h6-7,9-14H,4-5,8H2,1-3H3,(H,26,30). The van der Waals surface area contributed by atoms with Crippen LogP contribution in [0.4, 0.5) is 0 Å². The molecule has 0 fully saturated rings. The molecular weight excluding hydrogens is 408 g/mol. The minimum Gasteiger partial charge on any atom is -0.495 e. The molecule has 4 rings (SSSR count). The summed E-state index contributed by atoms with van der Waals surface area (Å²) in [6, 6.07) is 14.5. The Labute approximate surface area is 184 Å². The number of ether oxygens (including phenoxy) is 2. The predicted molar refractivity (Wildman–Crippen MR) is 122 cm³/mol. The number of hydrogen-bond acceptors (Lipinski definition) is 6. The van der Waals surface area contributed by atoms with E-state index in [0.29, 0.717) is 53.4 Å². The van der Waals surface area contributed by atoms with E-state index < -0.39 is 5.69 Å². The topological polar surface area (TPSA) is 99.1 Å². The van der Waals surface area contributed by atoms with E-state index in [2.05, 4.69) is 15.0 Å². The monoisotopic (exact) mass is 432 g/mol. The summed E-state index contributed by atoms with van der Waals surface area (Å²) in [5, 5.41) is 0. The fourth-order valence-corrected chi connectivity index (χ4v) is 3.57. The zero-order valence-electron chi connectivity index (χ0n) is 18.2. The van der Waals surface area contributed by atoms with Gasteiger partial charge in [0.15, 0.2) is 17.3 Å². The van der Waals surface area contributed by atoms with Gasteiger partial charge in [-0.1, -0.05) is 19.1 Å². The highest BCUT2D eigenvalue weighted by Crippen LogP contribution is 2.27. The van der Waals surface area contributed by atoms with Crippen LogP contribution < -0.4 is 15.2 Å². The van der Waals surface area contributed by atoms with Crippen molar-refractivity contribution in [2.45, 2.75) is 26.7 Å². The lowest BCUT2D eigenvalue weighted by atomic mass is 10.1. The van der Waals surface area contributed by atoms with E-state index in [1.54, 1.807) is 18.2 Å². The molecular formula is C24H24N4O4. The fraction of sp³-hybridized carbons (Fsp3) is 0.250. The summed E-state index contributed by atoms with van der Waals surface area (Å²) in [4.78, 5) is 37.8. The first-order valence-electron chi connectivity index (χ1n) is 10.5. The number of imidazole rings is 1. The lowest BCUT2D eigenvalue weighted by Crippen LogP contribution is -2.15. The number of H-pyrrole nitrogens is 1. The van der Waals surface area contributed by atoms with Crippen LogP contribution in [0.2, 0.25) is 0 Å². The first-order chi connectivity index (χ1) is 15.6. The number of hydrogen-bond donors (Lipinski definition) is 1. The molecule has 0 aliphatic heterocycles. The Morgan fingerprint density at radius 1 is 1.06 bits per heavy atom. The molecule has 1 N–H and O–H groups in total. The number of rotatable bonds is 8. The minimum absolute atomic E-state index is 0.152. The van der Waals surface area contributed by atoms with E-state index in [-0.39, 0.29) is 11.5 Å². The molecule has 32 heavy (non-hydrogen) atoms. The SMILES string of the molecule is CCCC(=O)c1nc(-c2ccc(OCC)cc2)nc2c1[nH]c(=O)n2-c1ccccc1OC. The number of ketones is 1. The van der Waals surface area contributed by atoms with Gasteiger partial charge in [0.1, 0.15) is 22.7 Å². The number of aromatic amines is 1. The number of benzene rings is 2. The third kappa shape index (κ3) is 3.87. The molecule has 0 saturated heterocycles. The lowest BCUT2D eigenvalue weighted by Gasteiger charge is -2.10. The van der Waals surface area contributed by atoms with Gasteiger partial charge in [-0.05, 0) is 49.7 Å². The number of aromatic nitrogens is 4. The molecule has 0 unspecified atom stereocenters. The van der Waals surface area contributed by atoms with Gasteiger partial charge in [0, 0.05) is 12.0 Å². The van der Waals surface area contributed by atoms with Crippen molar-refractivity contribution in [3.63, 3.8) is 0 Å². The maximum atomic E-state index is 13.0. The Kier molecular flexibility index (Phi) is 6.02. The number of fused-ring (bicyclic) bond motifs is 1. The second-order valence-electron chi connectivity index (χ2n) is 7.16. The Bertz CT molecular complexity index is 1320. The van der Waals surface area contributed by atoms with Crippen LogP contribution in [0.15, 0.2) is 53.3 Å². The molecule has 0 amide bonds. The molecule has 0 bridgehead atoms. The van der Waals surface area contributed by atoms with Gasteiger partial charge in [-0.15, -0.1) is 0 Å². The van der Waals surface area contributed by atoms with Crippen molar-refractivity contribution in [1.82, 2.24) is 19.5 Å². The molecule has 164 valence electrons. The van der Waals surface area contributed by atoms with Crippen LogP contribution in [0.3, 0.4) is 0 Å². The van der Waals surface area contributed by atoms with E-state index in [1.165, 1.54) is 11.7 Å². The normalized spacial score (nSPS) is 11.0. The largest absolute Gasteiger partial charge is 0.495 e. The molecule has 0 spiro atoms. The molecule has 0 aliphatic rings. The van der Waals surface area contributed by atoms with E-state index in [9.17, 15) is 9.59 Å². The van der Waals surface area contributed by atoms with Crippen LogP contribution in [-0.4, -0.2) is 39.0 Å². The number of nitrogens with zero attached hydrogens (tertiary/aromatic N) is 3. The number of carbonyl (C=O) groups is 1. The highest BCUT2D eigenvalue weighted by molar-refractivity contribution is 6.04. The third-order valence-electron chi connectivity index (χ3n) is 5.03. The predicted octanol–water partition coefficient (Wildman–Crippen LogP) is 4.17. The minimum atomic E-state index is -0.423. The van der Waals surface area contributed by atoms with E-state index in [0.717, 1.165) is 5.75 Å². The van der Waals surface area contributed by atoms with Crippen LogP contribution in [0.25, 0.3) is 28.2 Å². The Morgan fingerprint density at radius 3 is 2.50 bits per heavy atom. The van der Waals surface area contributed by atoms with E-state index in [1.807, 2.05) is 44.2 Å². The van der Waals surface area contributed by atoms with Crippen molar-refractivity contribution >= 4 is 16.9 Å². The zero-order valence-corrected chi connectivity index (χ0v) is 18.2. The number of para-hydroxylation sites is 2. The second kappa shape index (κ2) is 9.05. The number of nitrogens with one attached hydrogen (secondary N) is 1. The lowest BCUT2D eigenvalue weighted by molar-refractivity contribution is 0.0978. The van der Waals surface area contributed by atoms with Gasteiger partial charge in [0.25, 0.3) is 0 Å². The first kappa shape index (κ1) is 21.3. The summed E-state index contributed by atoms with van der Waals surface area (Å²) >= 11 is 0. The van der Waals surface area contributed by atoms with Gasteiger partial charge in [-0.2, -0.15) is 0 Å². The van der Waals surface area contributed by atoms with Crippen LogP contribution in [0.1, 0.15) is 37.2 Å². The fourth-order valence-electron chi connectivity index (χ4n) is 3.57. The molecule has 0 atom stereocenters. The number of carbonyl (C=O) groups excluding carboxylic acids is 1. The van der Waals surface area contributed by atoms with Gasteiger partial charge >= 0.3 is 5.69 Å². The highest BCUT2D eigenvalue weighted by Gasteiger charge is 2.22. The molecule has 2 heterocycles. The van der Waals surface area contributed by atoms with Crippen molar-refractivity contribution in [2.24, 2.45) is 0 Å². The van der Waals surface area contributed by atoms with Crippen LogP contribution in [0, 0.1) is 0 Å². The van der Waals surface area contributed by atoms with Crippen molar-refractivity contribution in [3.8, 4) is 28.6 Å². The van der Waals surface area contributed by atoms with Gasteiger partial charge in [-0.3, -0.25) is 4.79 Å². The Balaban J connectivity index is 1.98. The summed E-state index contributed by atoms with van der Waals surface area (Å²) in [6.07, 6.45) is 0.983. The molecule has 0 radical (unpaired) electrons. The van der Waals surface area contributed by atoms with E-state index >= 15 is 0 Å². The van der Waals surface area contributed by atoms with Crippen LogP contribution >= 0.6 is 0 Å². The molecule has 8 heteroatoms. The van der Waals surface area contributed by atoms with Crippen LogP contribution in [-0.2, 0) is 0 Å². The molecule has 0 aliphatic carbocycles. The van der Waals surface area contributed by atoms with Gasteiger partial charge in [0.05, 0.1) is 19.4 Å². The van der Waals surface area contributed by atoms with Crippen molar-refractivity contribution in [3.05, 3.63) is 64.7 Å². The highest BCUT2D eigenvalue weighted by atomic mass is 16.5. The van der Waals surface area contributed by atoms with Gasteiger partial charge in [-0.25, -0.2) is 19.3 Å². The van der Waals surface area contributed by atoms with E-state index in [4.69, 9.17) is 9.47 Å². The number of Topliss-reactive ketones (excluding diaryl/α,β-unsaturated/α-hetero) is 1. The molecule has 4 aromatic rings. The van der Waals surface area contributed by atoms with Crippen molar-refractivity contribution in [1.29, 1.82) is 0 Å². The summed E-state index contributed by atoms with van der Waals surface area (Å²) in [5.41, 5.74) is 1.64. The maximum Gasteiger partial charge on any atom is 0.332 e. The quantitative estimate of drug-likeness (QED) is 0.420. The molecule has 2 aromatic heterocycles. The second-order valence-corrected chi connectivity index (χ2v) is 7.16. The first-order valence-corrected chi connectivity index (χ1v) is 10.5. The van der Waals surface area contributed by atoms with Crippen molar-refractivity contribution in [2.75, 3.05) is 13.7 Å². The Hall–Kier alpha value is -3.94. The molecule has 8 nitrogen and oxygen atoms in total. The Morgan fingerprint density at radius 2 is 1.81 bits per heavy atom. The maximum absolute atomic E-state index is 13.0. The molecule has 0 saturated carbocycles. The average molecular weight is 432 g/mol. The smallest absolute Gasteiger partial charge is 0.332 e. The summed E-state index contributed by atoms with van der Waals surface area (Å²) < 4.78 is 12.4.